The van der Waals surface area contributed by atoms with Crippen LogP contribution < -0.4 is 46.3 Å². The third-order valence-electron chi connectivity index (χ3n) is 22.7. The van der Waals surface area contributed by atoms with Crippen LogP contribution in [0.3, 0.4) is 0 Å². The summed E-state index contributed by atoms with van der Waals surface area (Å²) in [5.41, 5.74) is 7.60. The van der Waals surface area contributed by atoms with Crippen LogP contribution in [0.5, 0.6) is 11.5 Å². The fraction of sp³-hybridized carbons (Fsp3) is 0.406. The van der Waals surface area contributed by atoms with Gasteiger partial charge < -0.3 is 60.8 Å². The molecule has 2 aliphatic heterocycles. The average Bonchev–Trinajstić information content (AvgIpc) is 0.808. The SMILES string of the molecule is CC(=O)NCCNc1ncc(C(=O)N2CCC(C)CC2)c(-c2ccc(-c3ccccc3)cc2)n1.CC1CCCCC1NC(=O)c1cnc(N2CCOCC2)nc1-c1ccccc1F.CCC(C)Nc1ncc(C(=O)NC2CCCCC2C)c(-c2ccccc2F)n1.COc1cccc(OC)c1CNc1ncc(C(=O)N(C)CC(C)C)c(-c2ccccc2F)n1.[HH].[HH].[HH]. The third-order valence-corrected chi connectivity index (χ3v) is 22.7. The molecule has 6 N–H and O–H groups in total. The molecule has 0 spiro atoms. The van der Waals surface area contributed by atoms with Gasteiger partial charge in [0.1, 0.15) is 29.0 Å². The van der Waals surface area contributed by atoms with Gasteiger partial charge in [-0.1, -0.05) is 164 Å². The van der Waals surface area contributed by atoms with Crippen LogP contribution in [0.2, 0.25) is 0 Å². The summed E-state index contributed by atoms with van der Waals surface area (Å²) in [5, 5.41) is 18.5. The van der Waals surface area contributed by atoms with E-state index in [4.69, 9.17) is 19.2 Å². The number of aromatic nitrogens is 8. The number of carbonyl (C=O) groups is 5. The zero-order valence-electron chi connectivity index (χ0n) is 72.9. The van der Waals surface area contributed by atoms with Crippen molar-refractivity contribution in [2.45, 2.75) is 151 Å². The van der Waals surface area contributed by atoms with Gasteiger partial charge in [0.2, 0.25) is 29.7 Å². The number of morpholine rings is 1. The summed E-state index contributed by atoms with van der Waals surface area (Å²) < 4.78 is 60.0. The summed E-state index contributed by atoms with van der Waals surface area (Å²) in [6.07, 6.45) is 17.8. The highest BCUT2D eigenvalue weighted by Gasteiger charge is 2.31. The Bertz CT molecular complexity index is 5210. The lowest BCUT2D eigenvalue weighted by Gasteiger charge is -2.30. The molecule has 28 heteroatoms. The van der Waals surface area contributed by atoms with Crippen molar-refractivity contribution >= 4 is 53.3 Å². The third kappa shape index (κ3) is 25.1. The summed E-state index contributed by atoms with van der Waals surface area (Å²) in [5.74, 6) is 2.53. The molecule has 0 bridgehead atoms. The fourth-order valence-corrected chi connectivity index (χ4v) is 15.3. The summed E-state index contributed by atoms with van der Waals surface area (Å²) in [6, 6.07) is 43.3. The van der Waals surface area contributed by atoms with E-state index >= 15 is 0 Å². The van der Waals surface area contributed by atoms with Crippen molar-refractivity contribution in [1.29, 1.82) is 0 Å². The van der Waals surface area contributed by atoms with Gasteiger partial charge in [0.25, 0.3) is 23.6 Å². The van der Waals surface area contributed by atoms with Crippen molar-refractivity contribution in [1.82, 2.24) is 65.6 Å². The lowest BCUT2D eigenvalue weighted by Crippen LogP contribution is -2.41. The van der Waals surface area contributed by atoms with Crippen molar-refractivity contribution in [2.75, 3.05) is 101 Å². The van der Waals surface area contributed by atoms with E-state index in [1.807, 2.05) is 91.2 Å². The van der Waals surface area contributed by atoms with Crippen molar-refractivity contribution in [3.63, 3.8) is 0 Å². The molecule has 4 fully saturated rings. The second-order valence-corrected chi connectivity index (χ2v) is 32.4. The van der Waals surface area contributed by atoms with E-state index in [0.717, 1.165) is 93.1 Å². The molecule has 25 nitrogen and oxygen atoms in total. The summed E-state index contributed by atoms with van der Waals surface area (Å²) in [4.78, 5) is 105. The monoisotopic (exact) mass is 1700 g/mol. The minimum atomic E-state index is -0.464. The molecule has 4 aromatic heterocycles. The molecule has 10 aromatic rings. The smallest absolute Gasteiger partial charge is 0.257 e. The standard InChI is InChI=1S/C27H31N5O2.C25H29FN4O3.C22H27FN4O2.C22H29FN4O.3H2/c1-19-12-16-32(17-13-19)26(34)24-18-30-27(29-15-14-28-20(2)33)31-25(24)23-10-8-22(9-11-23)21-6-4-3-5-7-21;1-16(2)15-30(3)24(31)19-14-28-25(29-23(19)17-9-6-7-10-20(17)26)27-13-18-21(32-4)11-8-12-22(18)33-5;1-15-6-2-5-9-19(15)25-21(28)17-14-24-22(27-10-12-29-13-11-27)26-20(17)16-7-3-4-8-18(16)23;1-4-15(3)25-22-24-13-17(20(27-22)16-10-6-7-11-18(16)23)21(28)26-19-12-8-5-9-14(19)2;;;/h3-11,18-19H,12-17H2,1-2H3,(H,28,33)(H,29,30,31);6-12,14,16H,13,15H2,1-5H3,(H,27,28,29);3-4,7-8,14-15,19H,2,5-6,9-13H2,1H3,(H,25,28);6-7,10-11,13-15,19H,4-5,8-9,12H2,1-3H3,(H,26,28)(H,24,25,27);3*1H. The van der Waals surface area contributed by atoms with Gasteiger partial charge in [-0.25, -0.2) is 53.0 Å². The lowest BCUT2D eigenvalue weighted by atomic mass is 9.86. The number of halogens is 3. The Morgan fingerprint density at radius 3 is 1.52 bits per heavy atom. The van der Waals surface area contributed by atoms with Crippen molar-refractivity contribution < 1.29 is 55.6 Å². The molecular weight excluding hydrogens is 1580 g/mol. The Hall–Kier alpha value is -12.5. The van der Waals surface area contributed by atoms with Crippen LogP contribution in [0, 0.1) is 41.1 Å². The van der Waals surface area contributed by atoms with E-state index in [1.165, 1.54) is 56.6 Å². The van der Waals surface area contributed by atoms with Crippen LogP contribution in [-0.4, -0.2) is 178 Å². The molecular formula is C96H122F3N17O8. The zero-order chi connectivity index (χ0) is 88.2. The molecule has 5 unspecified atom stereocenters. The summed E-state index contributed by atoms with van der Waals surface area (Å²) in [6.45, 7) is 22.0. The molecule has 5 atom stereocenters. The predicted octanol–water partition coefficient (Wildman–Crippen LogP) is 17.8. The number of benzene rings is 6. The molecule has 2 aliphatic carbocycles. The first-order valence-electron chi connectivity index (χ1n) is 43.1. The number of amides is 5. The Morgan fingerprint density at radius 1 is 0.524 bits per heavy atom. The van der Waals surface area contributed by atoms with Gasteiger partial charge in [0.15, 0.2) is 0 Å². The van der Waals surface area contributed by atoms with Gasteiger partial charge in [0, 0.05) is 129 Å². The molecule has 660 valence electrons. The number of piperidine rings is 1. The first-order chi connectivity index (χ1) is 60.0. The number of hydrogen-bond donors (Lipinski definition) is 6. The molecule has 4 aliphatic rings. The number of nitrogens with one attached hydrogen (secondary N) is 6. The number of hydrogen-bond acceptors (Lipinski definition) is 20. The van der Waals surface area contributed by atoms with Gasteiger partial charge in [-0.15, -0.1) is 0 Å². The second kappa shape index (κ2) is 45.6. The number of anilines is 4. The minimum absolute atomic E-state index is 0. The van der Waals surface area contributed by atoms with Crippen LogP contribution in [0.25, 0.3) is 56.2 Å². The normalized spacial score (nSPS) is 16.5. The average molecular weight is 1700 g/mol. The van der Waals surface area contributed by atoms with Crippen LogP contribution in [0.4, 0.5) is 37.0 Å². The largest absolute Gasteiger partial charge is 0.496 e. The number of likely N-dealkylation sites (tertiary alicyclic amines) is 1. The van der Waals surface area contributed by atoms with Crippen LogP contribution in [-0.2, 0) is 16.1 Å². The Balaban J connectivity index is 0.000000208. The van der Waals surface area contributed by atoms with Crippen molar-refractivity contribution in [3.8, 4) is 67.7 Å². The Morgan fingerprint density at radius 2 is 0.992 bits per heavy atom. The Labute approximate surface area is 729 Å². The summed E-state index contributed by atoms with van der Waals surface area (Å²) in [7, 11) is 4.88. The summed E-state index contributed by atoms with van der Waals surface area (Å²) >= 11 is 0. The highest BCUT2D eigenvalue weighted by molar-refractivity contribution is 6.02. The first-order valence-corrected chi connectivity index (χ1v) is 43.1. The van der Waals surface area contributed by atoms with E-state index in [1.54, 1.807) is 87.0 Å². The highest BCUT2D eigenvalue weighted by atomic mass is 19.1. The maximum absolute atomic E-state index is 14.7. The fourth-order valence-electron chi connectivity index (χ4n) is 15.3. The van der Waals surface area contributed by atoms with Crippen molar-refractivity contribution in [2.24, 2.45) is 23.7 Å². The van der Waals surface area contributed by atoms with Gasteiger partial charge in [0.05, 0.1) is 84.6 Å². The van der Waals surface area contributed by atoms with E-state index in [9.17, 15) is 37.1 Å². The van der Waals surface area contributed by atoms with E-state index in [0.29, 0.717) is 144 Å². The van der Waals surface area contributed by atoms with Crippen LogP contribution in [0.15, 0.2) is 170 Å². The molecule has 124 heavy (non-hydrogen) atoms. The maximum atomic E-state index is 14.7. The van der Waals surface area contributed by atoms with Gasteiger partial charge in [-0.3, -0.25) is 24.0 Å². The van der Waals surface area contributed by atoms with Gasteiger partial charge in [-0.2, -0.15) is 0 Å². The number of nitrogens with zero attached hydrogens (tertiary/aromatic N) is 11. The maximum Gasteiger partial charge on any atom is 0.257 e. The van der Waals surface area contributed by atoms with E-state index < -0.39 is 17.5 Å². The topological polar surface area (TPSA) is 298 Å². The number of methoxy groups -OCH3 is 2. The predicted molar refractivity (Wildman–Crippen MR) is 486 cm³/mol. The highest BCUT2D eigenvalue weighted by Crippen LogP contribution is 2.35. The number of carbonyl (C=O) groups excluding carboxylic acids is 5. The molecule has 14 rings (SSSR count). The van der Waals surface area contributed by atoms with Crippen molar-refractivity contribution in [3.05, 3.63) is 216 Å². The van der Waals surface area contributed by atoms with Gasteiger partial charge >= 0.3 is 0 Å². The molecule has 2 saturated carbocycles. The zero-order valence-corrected chi connectivity index (χ0v) is 72.9. The quantitative estimate of drug-likeness (QED) is 0.0275. The number of rotatable bonds is 26. The second-order valence-electron chi connectivity index (χ2n) is 32.4. The van der Waals surface area contributed by atoms with E-state index in [2.05, 4.69) is 107 Å². The van der Waals surface area contributed by atoms with Gasteiger partial charge in [-0.05, 0) is 135 Å². The molecule has 5 amide bonds. The molecule has 0 radical (unpaired) electrons. The molecule has 6 heterocycles. The first kappa shape index (κ1) is 92.3. The number of ether oxygens (including phenoxy) is 3. The molecule has 2 saturated heterocycles. The minimum Gasteiger partial charge on any atom is -0.496 e. The van der Waals surface area contributed by atoms with E-state index in [-0.39, 0.29) is 80.6 Å². The van der Waals surface area contributed by atoms with Crippen LogP contribution >= 0.6 is 0 Å². The van der Waals surface area contributed by atoms with Crippen LogP contribution in [0.1, 0.15) is 177 Å². The molecule has 6 aromatic carbocycles. The lowest BCUT2D eigenvalue weighted by molar-refractivity contribution is -0.118. The Kier molecular flexibility index (Phi) is 33.9.